The molecule has 0 saturated heterocycles. The van der Waals surface area contributed by atoms with Crippen LogP contribution in [-0.4, -0.2) is 47.8 Å². The van der Waals surface area contributed by atoms with Crippen molar-refractivity contribution < 1.29 is 19.0 Å². The fourth-order valence-electron chi connectivity index (χ4n) is 3.46. The normalized spacial score (nSPS) is 10.6. The number of thioether (sulfide) groups is 1. The summed E-state index contributed by atoms with van der Waals surface area (Å²) < 4.78 is 18.3. The molecule has 1 N–H and O–H groups in total. The van der Waals surface area contributed by atoms with Crippen molar-refractivity contribution >= 4 is 35.0 Å². The lowest BCUT2D eigenvalue weighted by Crippen LogP contribution is -2.14. The van der Waals surface area contributed by atoms with Crippen molar-refractivity contribution in [2.24, 2.45) is 0 Å². The van der Waals surface area contributed by atoms with Gasteiger partial charge in [-0.1, -0.05) is 47.6 Å². The second-order valence-corrected chi connectivity index (χ2v) is 8.62. The summed E-state index contributed by atoms with van der Waals surface area (Å²) in [7, 11) is 4.67. The van der Waals surface area contributed by atoms with Crippen molar-refractivity contribution in [1.82, 2.24) is 14.8 Å². The van der Waals surface area contributed by atoms with Crippen molar-refractivity contribution in [3.05, 3.63) is 71.8 Å². The smallest absolute Gasteiger partial charge is 0.234 e. The van der Waals surface area contributed by atoms with Gasteiger partial charge in [0, 0.05) is 22.0 Å². The van der Waals surface area contributed by atoms with Crippen LogP contribution in [0.5, 0.6) is 17.2 Å². The van der Waals surface area contributed by atoms with Gasteiger partial charge in [0.05, 0.1) is 27.1 Å². The summed E-state index contributed by atoms with van der Waals surface area (Å²) in [6, 6.07) is 20.3. The van der Waals surface area contributed by atoms with Crippen LogP contribution in [0, 0.1) is 0 Å². The molecule has 0 bridgehead atoms. The zero-order valence-corrected chi connectivity index (χ0v) is 20.9. The van der Waals surface area contributed by atoms with Crippen LogP contribution in [0.25, 0.3) is 17.1 Å². The van der Waals surface area contributed by atoms with Crippen molar-refractivity contribution in [3.63, 3.8) is 0 Å². The number of carbonyl (C=O) groups is 1. The SMILES string of the molecule is COc1cc(-c2nnc(SCC(=O)Nc3cccc(Cl)c3)n2-c2ccccc2)cc(OC)c1OC. The van der Waals surface area contributed by atoms with Crippen LogP contribution >= 0.6 is 23.4 Å². The fraction of sp³-hybridized carbons (Fsp3) is 0.160. The first kappa shape index (κ1) is 24.4. The van der Waals surface area contributed by atoms with Crippen LogP contribution in [0.4, 0.5) is 5.69 Å². The summed E-state index contributed by atoms with van der Waals surface area (Å²) in [5.74, 6) is 1.99. The lowest BCUT2D eigenvalue weighted by atomic mass is 10.1. The lowest BCUT2D eigenvalue weighted by molar-refractivity contribution is -0.113. The Hall–Kier alpha value is -3.69. The highest BCUT2D eigenvalue weighted by atomic mass is 35.5. The molecule has 180 valence electrons. The number of nitrogens with one attached hydrogen (secondary N) is 1. The van der Waals surface area contributed by atoms with Gasteiger partial charge in [-0.25, -0.2) is 0 Å². The summed E-state index contributed by atoms with van der Waals surface area (Å²) in [4.78, 5) is 12.6. The zero-order chi connectivity index (χ0) is 24.8. The van der Waals surface area contributed by atoms with E-state index in [1.165, 1.54) is 11.8 Å². The van der Waals surface area contributed by atoms with Crippen LogP contribution in [0.15, 0.2) is 71.9 Å². The Labute approximate surface area is 212 Å². The molecule has 3 aromatic carbocycles. The van der Waals surface area contributed by atoms with Crippen LogP contribution < -0.4 is 19.5 Å². The van der Waals surface area contributed by atoms with Gasteiger partial charge in [0.1, 0.15) is 0 Å². The van der Waals surface area contributed by atoms with Crippen LogP contribution in [0.2, 0.25) is 5.02 Å². The molecule has 0 aliphatic rings. The van der Waals surface area contributed by atoms with Crippen molar-refractivity contribution in [1.29, 1.82) is 0 Å². The van der Waals surface area contributed by atoms with E-state index in [4.69, 9.17) is 25.8 Å². The average Bonchev–Trinajstić information content (AvgIpc) is 3.31. The van der Waals surface area contributed by atoms with Crippen molar-refractivity contribution in [2.45, 2.75) is 5.16 Å². The Morgan fingerprint density at radius 2 is 1.66 bits per heavy atom. The van der Waals surface area contributed by atoms with E-state index in [0.717, 1.165) is 5.69 Å². The van der Waals surface area contributed by atoms with E-state index in [0.29, 0.717) is 44.5 Å². The first-order valence-electron chi connectivity index (χ1n) is 10.5. The topological polar surface area (TPSA) is 87.5 Å². The van der Waals surface area contributed by atoms with Gasteiger partial charge in [-0.05, 0) is 42.5 Å². The number of aromatic nitrogens is 3. The molecule has 0 saturated carbocycles. The van der Waals surface area contributed by atoms with Gasteiger partial charge in [-0.2, -0.15) is 0 Å². The number of hydrogen-bond acceptors (Lipinski definition) is 7. The molecule has 0 spiro atoms. The molecule has 4 rings (SSSR count). The highest BCUT2D eigenvalue weighted by molar-refractivity contribution is 7.99. The van der Waals surface area contributed by atoms with E-state index in [9.17, 15) is 4.79 Å². The number of nitrogens with zero attached hydrogens (tertiary/aromatic N) is 3. The minimum Gasteiger partial charge on any atom is -0.493 e. The molecule has 10 heteroatoms. The zero-order valence-electron chi connectivity index (χ0n) is 19.3. The number of rotatable bonds is 9. The molecule has 1 aromatic heterocycles. The summed E-state index contributed by atoms with van der Waals surface area (Å²) >= 11 is 7.28. The van der Waals surface area contributed by atoms with E-state index < -0.39 is 0 Å². The number of halogens is 1. The average molecular weight is 511 g/mol. The fourth-order valence-corrected chi connectivity index (χ4v) is 4.41. The summed E-state index contributed by atoms with van der Waals surface area (Å²) in [6.45, 7) is 0. The third-order valence-corrected chi connectivity index (χ3v) is 6.18. The largest absolute Gasteiger partial charge is 0.493 e. The van der Waals surface area contributed by atoms with Crippen molar-refractivity contribution in [2.75, 3.05) is 32.4 Å². The summed E-state index contributed by atoms with van der Waals surface area (Å²) in [6.07, 6.45) is 0. The van der Waals surface area contributed by atoms with E-state index >= 15 is 0 Å². The van der Waals surface area contributed by atoms with E-state index in [-0.39, 0.29) is 11.7 Å². The lowest BCUT2D eigenvalue weighted by Gasteiger charge is -2.15. The number of hydrogen-bond donors (Lipinski definition) is 1. The number of amides is 1. The summed E-state index contributed by atoms with van der Waals surface area (Å²) in [5.41, 5.74) is 2.19. The van der Waals surface area contributed by atoms with Crippen LogP contribution in [-0.2, 0) is 4.79 Å². The van der Waals surface area contributed by atoms with Crippen LogP contribution in [0.3, 0.4) is 0 Å². The predicted octanol–water partition coefficient (Wildman–Crippen LogP) is 5.34. The molecule has 0 radical (unpaired) electrons. The Bertz CT molecular complexity index is 1310. The van der Waals surface area contributed by atoms with Crippen LogP contribution in [0.1, 0.15) is 0 Å². The number of anilines is 1. The maximum Gasteiger partial charge on any atom is 0.234 e. The van der Waals surface area contributed by atoms with Gasteiger partial charge in [0.2, 0.25) is 11.7 Å². The second-order valence-electron chi connectivity index (χ2n) is 7.24. The molecule has 35 heavy (non-hydrogen) atoms. The third-order valence-electron chi connectivity index (χ3n) is 5.01. The van der Waals surface area contributed by atoms with Crippen molar-refractivity contribution in [3.8, 4) is 34.3 Å². The first-order valence-corrected chi connectivity index (χ1v) is 11.9. The van der Waals surface area contributed by atoms with E-state index in [2.05, 4.69) is 15.5 Å². The van der Waals surface area contributed by atoms with Gasteiger partial charge in [-0.15, -0.1) is 10.2 Å². The Balaban J connectivity index is 1.68. The Kier molecular flexibility index (Phi) is 7.79. The summed E-state index contributed by atoms with van der Waals surface area (Å²) in [5, 5.41) is 12.8. The quantitative estimate of drug-likeness (QED) is 0.304. The molecule has 1 amide bonds. The van der Waals surface area contributed by atoms with Gasteiger partial charge in [0.15, 0.2) is 22.5 Å². The molecule has 0 unspecified atom stereocenters. The molecule has 1 heterocycles. The predicted molar refractivity (Wildman–Crippen MR) is 137 cm³/mol. The second kappa shape index (κ2) is 11.2. The first-order chi connectivity index (χ1) is 17.0. The number of ether oxygens (including phenoxy) is 3. The highest BCUT2D eigenvalue weighted by Gasteiger charge is 2.21. The minimum absolute atomic E-state index is 0.132. The van der Waals surface area contributed by atoms with Gasteiger partial charge in [-0.3, -0.25) is 9.36 Å². The number of benzene rings is 3. The van der Waals surface area contributed by atoms with E-state index in [1.807, 2.05) is 47.0 Å². The minimum atomic E-state index is -0.186. The van der Waals surface area contributed by atoms with Gasteiger partial charge >= 0.3 is 0 Å². The third kappa shape index (κ3) is 5.52. The highest BCUT2D eigenvalue weighted by Crippen LogP contribution is 2.41. The molecular formula is C25H23ClN4O4S. The maximum absolute atomic E-state index is 12.6. The van der Waals surface area contributed by atoms with Gasteiger partial charge < -0.3 is 19.5 Å². The Morgan fingerprint density at radius 3 is 2.29 bits per heavy atom. The number of carbonyl (C=O) groups excluding carboxylic acids is 1. The molecule has 0 aliphatic carbocycles. The molecule has 8 nitrogen and oxygen atoms in total. The maximum atomic E-state index is 12.6. The number of para-hydroxylation sites is 1. The Morgan fingerprint density at radius 1 is 0.943 bits per heavy atom. The van der Waals surface area contributed by atoms with E-state index in [1.54, 1.807) is 45.6 Å². The standard InChI is InChI=1S/C25H23ClN4O4S/c1-32-20-12-16(13-21(33-2)23(20)34-3)24-28-29-25(30(24)19-10-5-4-6-11-19)35-15-22(31)27-18-9-7-8-17(26)14-18/h4-14H,15H2,1-3H3,(H,27,31). The molecule has 0 fully saturated rings. The monoisotopic (exact) mass is 510 g/mol. The van der Waals surface area contributed by atoms with Gasteiger partial charge in [0.25, 0.3) is 0 Å². The molecular weight excluding hydrogens is 488 g/mol. The molecule has 0 atom stereocenters. The number of methoxy groups -OCH3 is 3. The molecule has 0 aliphatic heterocycles. The molecule has 4 aromatic rings.